The van der Waals surface area contributed by atoms with Crippen LogP contribution < -0.4 is 10.0 Å². The number of amides is 1. The van der Waals surface area contributed by atoms with Gasteiger partial charge in [-0.3, -0.25) is 4.79 Å². The van der Waals surface area contributed by atoms with Gasteiger partial charge in [-0.2, -0.15) is 4.31 Å². The third-order valence-corrected chi connectivity index (χ3v) is 8.75. The van der Waals surface area contributed by atoms with Crippen molar-refractivity contribution < 1.29 is 21.6 Å². The van der Waals surface area contributed by atoms with Crippen molar-refractivity contribution in [3.63, 3.8) is 0 Å². The molecular weight excluding hydrogens is 462 g/mol. The number of sulfonamides is 2. The summed E-state index contributed by atoms with van der Waals surface area (Å²) in [7, 11) is -7.03. The van der Waals surface area contributed by atoms with E-state index >= 15 is 0 Å². The van der Waals surface area contributed by atoms with Gasteiger partial charge in [0.2, 0.25) is 20.0 Å². The van der Waals surface area contributed by atoms with Crippen molar-refractivity contribution in [3.05, 3.63) is 72.3 Å². The Bertz CT molecular complexity index is 1180. The Morgan fingerprint density at radius 1 is 1.03 bits per heavy atom. The van der Waals surface area contributed by atoms with Crippen molar-refractivity contribution in [2.24, 2.45) is 5.92 Å². The van der Waals surface area contributed by atoms with Crippen molar-refractivity contribution in [2.75, 3.05) is 25.0 Å². The summed E-state index contributed by atoms with van der Waals surface area (Å²) in [6, 6.07) is 12.4. The molecule has 0 saturated carbocycles. The van der Waals surface area contributed by atoms with Gasteiger partial charge in [0.15, 0.2) is 0 Å². The first-order valence-corrected chi connectivity index (χ1v) is 13.8. The summed E-state index contributed by atoms with van der Waals surface area (Å²) in [6.07, 6.45) is 3.15. The fraction of sp³-hybridized carbons (Fsp3) is 0.348. The molecule has 1 fully saturated rings. The fourth-order valence-electron chi connectivity index (χ4n) is 3.50. The van der Waals surface area contributed by atoms with Crippen LogP contribution in [0.15, 0.2) is 66.1 Å². The van der Waals surface area contributed by atoms with Gasteiger partial charge in [-0.1, -0.05) is 25.1 Å². The van der Waals surface area contributed by atoms with E-state index in [0.717, 1.165) is 12.8 Å². The molecule has 1 aliphatic rings. The van der Waals surface area contributed by atoms with Gasteiger partial charge in [0.1, 0.15) is 0 Å². The normalized spacial score (nSPS) is 15.8. The van der Waals surface area contributed by atoms with E-state index in [1.165, 1.54) is 34.6 Å². The molecule has 1 amide bonds. The van der Waals surface area contributed by atoms with Crippen LogP contribution in [0.3, 0.4) is 0 Å². The Kier molecular flexibility index (Phi) is 8.06. The Morgan fingerprint density at radius 2 is 1.64 bits per heavy atom. The van der Waals surface area contributed by atoms with Crippen LogP contribution in [0.5, 0.6) is 0 Å². The Balaban J connectivity index is 1.62. The van der Waals surface area contributed by atoms with Crippen LogP contribution in [-0.4, -0.2) is 46.7 Å². The highest BCUT2D eigenvalue weighted by Crippen LogP contribution is 2.24. The number of carbonyl (C=O) groups excluding carboxylic acids is 1. The Morgan fingerprint density at radius 3 is 2.21 bits per heavy atom. The van der Waals surface area contributed by atoms with E-state index in [9.17, 15) is 21.6 Å². The molecule has 1 saturated heterocycles. The van der Waals surface area contributed by atoms with Crippen LogP contribution in [0.1, 0.15) is 35.7 Å². The number of rotatable bonds is 9. The molecule has 2 aromatic rings. The number of nitrogens with one attached hydrogen (secondary N) is 2. The van der Waals surface area contributed by atoms with E-state index in [1.54, 1.807) is 24.3 Å². The fourth-order valence-corrected chi connectivity index (χ4v) is 6.07. The zero-order chi connectivity index (χ0) is 24.1. The minimum atomic E-state index is -3.57. The van der Waals surface area contributed by atoms with Gasteiger partial charge in [-0.15, -0.1) is 6.58 Å². The molecule has 2 aromatic carbocycles. The molecule has 0 bridgehead atoms. The van der Waals surface area contributed by atoms with Crippen LogP contribution in [0.25, 0.3) is 0 Å². The Labute approximate surface area is 195 Å². The molecule has 2 N–H and O–H groups in total. The number of benzene rings is 2. The van der Waals surface area contributed by atoms with Crippen LogP contribution in [0.2, 0.25) is 0 Å². The monoisotopic (exact) mass is 491 g/mol. The summed E-state index contributed by atoms with van der Waals surface area (Å²) >= 11 is 0. The third kappa shape index (κ3) is 6.73. The molecule has 0 spiro atoms. The van der Waals surface area contributed by atoms with Crippen molar-refractivity contribution in [1.82, 2.24) is 9.03 Å². The van der Waals surface area contributed by atoms with Gasteiger partial charge >= 0.3 is 0 Å². The van der Waals surface area contributed by atoms with Gasteiger partial charge in [0.05, 0.1) is 10.6 Å². The lowest BCUT2D eigenvalue weighted by atomic mass is 10.0. The predicted molar refractivity (Wildman–Crippen MR) is 129 cm³/mol. The average molecular weight is 492 g/mol. The van der Waals surface area contributed by atoms with E-state index in [0.29, 0.717) is 35.8 Å². The van der Waals surface area contributed by atoms with Crippen LogP contribution in [-0.2, 0) is 25.8 Å². The average Bonchev–Trinajstić information content (AvgIpc) is 2.79. The number of hydrogen-bond acceptors (Lipinski definition) is 5. The summed E-state index contributed by atoms with van der Waals surface area (Å²) < 4.78 is 53.4. The number of carbonyl (C=O) groups is 1. The Hall–Kier alpha value is -2.53. The second kappa shape index (κ2) is 10.6. The third-order valence-electron chi connectivity index (χ3n) is 5.51. The van der Waals surface area contributed by atoms with Crippen molar-refractivity contribution >= 4 is 31.6 Å². The standard InChI is InChI=1S/C23H29N3O5S2/c1-3-14-24-32(28,29)17-19-4-8-21(9-5-19)25-23(27)20-6-10-22(11-7-20)33(30,31)26-15-12-18(2)13-16-26/h3-11,18,24H,1,12-17H2,2H3,(H,25,27). The van der Waals surface area contributed by atoms with Gasteiger partial charge < -0.3 is 5.32 Å². The summed E-state index contributed by atoms with van der Waals surface area (Å²) in [5, 5.41) is 2.73. The second-order valence-electron chi connectivity index (χ2n) is 8.16. The molecule has 10 heteroatoms. The predicted octanol–water partition coefficient (Wildman–Crippen LogP) is 2.96. The van der Waals surface area contributed by atoms with E-state index < -0.39 is 26.0 Å². The van der Waals surface area contributed by atoms with Crippen LogP contribution in [0, 0.1) is 5.92 Å². The maximum absolute atomic E-state index is 12.8. The molecule has 3 rings (SSSR count). The van der Waals surface area contributed by atoms with Crippen LogP contribution in [0.4, 0.5) is 5.69 Å². The van der Waals surface area contributed by atoms with Gasteiger partial charge in [0.25, 0.3) is 5.91 Å². The second-order valence-corrected chi connectivity index (χ2v) is 11.9. The molecule has 1 heterocycles. The first-order valence-electron chi connectivity index (χ1n) is 10.7. The molecule has 0 atom stereocenters. The molecule has 8 nitrogen and oxygen atoms in total. The SMILES string of the molecule is C=CCNS(=O)(=O)Cc1ccc(NC(=O)c2ccc(S(=O)(=O)N3CCC(C)CC3)cc2)cc1. The number of hydrogen-bond donors (Lipinski definition) is 2. The first-order chi connectivity index (χ1) is 15.6. The van der Waals surface area contributed by atoms with E-state index in [1.807, 2.05) is 0 Å². The zero-order valence-electron chi connectivity index (χ0n) is 18.5. The number of nitrogens with zero attached hydrogens (tertiary/aromatic N) is 1. The maximum atomic E-state index is 12.8. The highest BCUT2D eigenvalue weighted by atomic mass is 32.2. The molecule has 1 aliphatic heterocycles. The van der Waals surface area contributed by atoms with Crippen molar-refractivity contribution in [2.45, 2.75) is 30.4 Å². The van der Waals surface area contributed by atoms with Gasteiger partial charge in [-0.25, -0.2) is 21.6 Å². The molecule has 0 aliphatic carbocycles. The summed E-state index contributed by atoms with van der Waals surface area (Å²) in [4.78, 5) is 12.7. The molecule has 178 valence electrons. The summed E-state index contributed by atoms with van der Waals surface area (Å²) in [5.41, 5.74) is 1.40. The van der Waals surface area contributed by atoms with E-state index in [-0.39, 0.29) is 17.2 Å². The molecule has 0 radical (unpaired) electrons. The lowest BCUT2D eigenvalue weighted by Crippen LogP contribution is -2.37. The first kappa shape index (κ1) is 25.1. The smallest absolute Gasteiger partial charge is 0.255 e. The van der Waals surface area contributed by atoms with E-state index in [4.69, 9.17) is 0 Å². The molecular formula is C23H29N3O5S2. The highest BCUT2D eigenvalue weighted by molar-refractivity contribution is 7.89. The quantitative estimate of drug-likeness (QED) is 0.524. The lowest BCUT2D eigenvalue weighted by Gasteiger charge is -2.29. The number of piperidine rings is 1. The van der Waals surface area contributed by atoms with Gasteiger partial charge in [-0.05, 0) is 60.7 Å². The summed E-state index contributed by atoms with van der Waals surface area (Å²) in [5.74, 6) is -0.0466. The highest BCUT2D eigenvalue weighted by Gasteiger charge is 2.28. The largest absolute Gasteiger partial charge is 0.322 e. The van der Waals surface area contributed by atoms with Gasteiger partial charge in [0, 0.05) is 30.9 Å². The van der Waals surface area contributed by atoms with Crippen molar-refractivity contribution in [3.8, 4) is 0 Å². The van der Waals surface area contributed by atoms with Crippen molar-refractivity contribution in [1.29, 1.82) is 0 Å². The lowest BCUT2D eigenvalue weighted by molar-refractivity contribution is 0.102. The zero-order valence-corrected chi connectivity index (χ0v) is 20.2. The molecule has 0 aromatic heterocycles. The minimum absolute atomic E-state index is 0.161. The van der Waals surface area contributed by atoms with Crippen LogP contribution >= 0.6 is 0 Å². The molecule has 0 unspecified atom stereocenters. The summed E-state index contributed by atoms with van der Waals surface area (Å²) in [6.45, 7) is 6.77. The minimum Gasteiger partial charge on any atom is -0.322 e. The topological polar surface area (TPSA) is 113 Å². The molecule has 33 heavy (non-hydrogen) atoms. The number of anilines is 1. The van der Waals surface area contributed by atoms with E-state index in [2.05, 4.69) is 23.5 Å². The maximum Gasteiger partial charge on any atom is 0.255 e.